The molecule has 2 aromatic carbocycles. The Hall–Kier alpha value is -4.25. The zero-order valence-corrected chi connectivity index (χ0v) is 21.2. The van der Waals surface area contributed by atoms with E-state index >= 15 is 0 Å². The molecule has 2 aromatic rings. The van der Waals surface area contributed by atoms with Crippen molar-refractivity contribution < 1.29 is 38.1 Å². The van der Waals surface area contributed by atoms with Crippen molar-refractivity contribution in [1.29, 1.82) is 0 Å². The fourth-order valence-electron chi connectivity index (χ4n) is 3.40. The van der Waals surface area contributed by atoms with Gasteiger partial charge in [-0.05, 0) is 49.2 Å². The van der Waals surface area contributed by atoms with Crippen molar-refractivity contribution in [3.63, 3.8) is 0 Å². The lowest BCUT2D eigenvalue weighted by Gasteiger charge is -2.27. The number of carbonyl (C=O) groups excluding carboxylic acids is 4. The summed E-state index contributed by atoms with van der Waals surface area (Å²) in [4.78, 5) is 50.4. The first-order chi connectivity index (χ1) is 17.7. The minimum Gasteiger partial charge on any atom is -0.493 e. The van der Waals surface area contributed by atoms with Crippen LogP contribution in [0.1, 0.15) is 25.8 Å². The molecule has 0 atom stereocenters. The maximum Gasteiger partial charge on any atom is 0.335 e. The van der Waals surface area contributed by atoms with E-state index < -0.39 is 30.4 Å². The summed E-state index contributed by atoms with van der Waals surface area (Å²) in [6.07, 6.45) is 2.04. The number of carbonyl (C=O) groups is 4. The first-order valence-electron chi connectivity index (χ1n) is 11.3. The van der Waals surface area contributed by atoms with Gasteiger partial charge in [-0.15, -0.1) is 0 Å². The van der Waals surface area contributed by atoms with Crippen LogP contribution in [-0.4, -0.2) is 50.7 Å². The van der Waals surface area contributed by atoms with Crippen LogP contribution in [0.3, 0.4) is 0 Å². The first kappa shape index (κ1) is 27.3. The van der Waals surface area contributed by atoms with E-state index in [4.69, 9.17) is 36.3 Å². The number of nitrogens with two attached hydrogens (primary N) is 1. The fraction of sp³-hybridized carbons (Fsp3) is 0.280. The molecule has 196 valence electrons. The minimum atomic E-state index is -0.914. The number of ether oxygens (including phenoxy) is 4. The van der Waals surface area contributed by atoms with E-state index in [-0.39, 0.29) is 27.8 Å². The van der Waals surface area contributed by atoms with Crippen LogP contribution in [-0.2, 0) is 14.4 Å². The third-order valence-electron chi connectivity index (χ3n) is 4.97. The van der Waals surface area contributed by atoms with Gasteiger partial charge in [0.2, 0.25) is 0 Å². The average Bonchev–Trinajstić information content (AvgIpc) is 2.85. The van der Waals surface area contributed by atoms with E-state index in [1.807, 2.05) is 6.92 Å². The number of hydrogen-bond acceptors (Lipinski definition) is 8. The second kappa shape index (κ2) is 12.1. The van der Waals surface area contributed by atoms with E-state index in [1.165, 1.54) is 37.5 Å². The molecule has 1 aliphatic rings. The van der Waals surface area contributed by atoms with E-state index in [2.05, 4.69) is 5.32 Å². The van der Waals surface area contributed by atoms with E-state index in [0.29, 0.717) is 30.3 Å². The molecule has 11 nitrogen and oxygen atoms in total. The van der Waals surface area contributed by atoms with E-state index in [0.717, 1.165) is 11.3 Å². The Labute approximate surface area is 218 Å². The molecule has 1 saturated heterocycles. The van der Waals surface area contributed by atoms with Gasteiger partial charge in [-0.1, -0.05) is 18.5 Å². The summed E-state index contributed by atoms with van der Waals surface area (Å²) < 4.78 is 21.8. The number of rotatable bonds is 11. The second-order valence-corrected chi connectivity index (χ2v) is 8.07. The van der Waals surface area contributed by atoms with Crippen molar-refractivity contribution in [3.8, 4) is 23.0 Å². The third-order valence-corrected chi connectivity index (χ3v) is 5.25. The number of benzene rings is 2. The van der Waals surface area contributed by atoms with Gasteiger partial charge in [0.05, 0.1) is 31.0 Å². The van der Waals surface area contributed by atoms with Gasteiger partial charge in [0.25, 0.3) is 17.7 Å². The Morgan fingerprint density at radius 2 is 1.81 bits per heavy atom. The number of urea groups is 1. The van der Waals surface area contributed by atoms with Gasteiger partial charge in [-0.25, -0.2) is 9.69 Å². The predicted octanol–water partition coefficient (Wildman–Crippen LogP) is 3.07. The Morgan fingerprint density at radius 1 is 1.05 bits per heavy atom. The van der Waals surface area contributed by atoms with Crippen LogP contribution in [0.2, 0.25) is 5.02 Å². The lowest BCUT2D eigenvalue weighted by molar-refractivity contribution is -0.123. The molecule has 3 rings (SSSR count). The maximum absolute atomic E-state index is 13.3. The lowest BCUT2D eigenvalue weighted by atomic mass is 10.1. The highest BCUT2D eigenvalue weighted by Gasteiger charge is 2.37. The molecule has 0 radical (unpaired) electrons. The standard InChI is InChI=1S/C25H26ClN3O8/c1-4-8-36-18-7-6-15(12-19(18)35-5-2)29-24(32)16(23(31)28-25(29)33)9-14-10-17(26)22(20(11-14)34-3)37-13-21(27)30/h6-7,9-12H,4-5,8,13H2,1-3H3,(H2,27,30)(H,28,31,33)/b16-9+. The first-order valence-corrected chi connectivity index (χ1v) is 11.7. The Bertz CT molecular complexity index is 1260. The van der Waals surface area contributed by atoms with Crippen molar-refractivity contribution in [1.82, 2.24) is 5.32 Å². The number of barbiturate groups is 1. The van der Waals surface area contributed by atoms with Gasteiger partial charge >= 0.3 is 6.03 Å². The number of imide groups is 2. The van der Waals surface area contributed by atoms with Crippen molar-refractivity contribution in [3.05, 3.63) is 46.5 Å². The Morgan fingerprint density at radius 3 is 2.46 bits per heavy atom. The van der Waals surface area contributed by atoms with Gasteiger partial charge in [0, 0.05) is 6.07 Å². The van der Waals surface area contributed by atoms with Gasteiger partial charge in [-0.2, -0.15) is 0 Å². The number of anilines is 1. The number of primary amides is 1. The smallest absolute Gasteiger partial charge is 0.335 e. The SMILES string of the molecule is CCCOc1ccc(N2C(=O)NC(=O)/C(=C\c3cc(Cl)c(OCC(N)=O)c(OC)c3)C2=O)cc1OCC. The largest absolute Gasteiger partial charge is 0.493 e. The lowest BCUT2D eigenvalue weighted by Crippen LogP contribution is -2.54. The molecular weight excluding hydrogens is 506 g/mol. The monoisotopic (exact) mass is 531 g/mol. The number of amides is 5. The summed E-state index contributed by atoms with van der Waals surface area (Å²) in [6.45, 7) is 4.11. The Kier molecular flexibility index (Phi) is 8.96. The topological polar surface area (TPSA) is 146 Å². The number of nitrogens with one attached hydrogen (secondary N) is 1. The van der Waals surface area contributed by atoms with Crippen molar-refractivity contribution in [2.45, 2.75) is 20.3 Å². The summed E-state index contributed by atoms with van der Waals surface area (Å²) in [6, 6.07) is 6.53. The molecule has 0 bridgehead atoms. The zero-order chi connectivity index (χ0) is 27.1. The van der Waals surface area contributed by atoms with Crippen molar-refractivity contribution >= 4 is 47.1 Å². The average molecular weight is 532 g/mol. The number of nitrogens with zero attached hydrogens (tertiary/aromatic N) is 1. The second-order valence-electron chi connectivity index (χ2n) is 7.66. The minimum absolute atomic E-state index is 0.0491. The molecule has 3 N–H and O–H groups in total. The molecule has 1 fully saturated rings. The van der Waals surface area contributed by atoms with Crippen LogP contribution in [0.4, 0.5) is 10.5 Å². The van der Waals surface area contributed by atoms with Crippen LogP contribution < -0.4 is 34.9 Å². The molecule has 1 heterocycles. The fourth-order valence-corrected chi connectivity index (χ4v) is 3.67. The van der Waals surface area contributed by atoms with Crippen molar-refractivity contribution in [2.24, 2.45) is 5.73 Å². The van der Waals surface area contributed by atoms with Crippen LogP contribution in [0.5, 0.6) is 23.0 Å². The summed E-state index contributed by atoms with van der Waals surface area (Å²) in [5.74, 6) is -1.44. The molecule has 5 amide bonds. The van der Waals surface area contributed by atoms with Crippen LogP contribution in [0.25, 0.3) is 6.08 Å². The third kappa shape index (κ3) is 6.31. The quantitative estimate of drug-likeness (QED) is 0.332. The van der Waals surface area contributed by atoms with Gasteiger partial charge in [0.15, 0.2) is 29.6 Å². The molecule has 0 aromatic heterocycles. The van der Waals surface area contributed by atoms with E-state index in [1.54, 1.807) is 13.0 Å². The summed E-state index contributed by atoms with van der Waals surface area (Å²) in [7, 11) is 1.35. The number of hydrogen-bond donors (Lipinski definition) is 2. The number of methoxy groups -OCH3 is 1. The molecular formula is C25H26ClN3O8. The molecule has 0 spiro atoms. The highest BCUT2D eigenvalue weighted by Crippen LogP contribution is 2.38. The zero-order valence-electron chi connectivity index (χ0n) is 20.5. The Balaban J connectivity index is 1.99. The van der Waals surface area contributed by atoms with Crippen LogP contribution >= 0.6 is 11.6 Å². The summed E-state index contributed by atoms with van der Waals surface area (Å²) in [5, 5.41) is 2.21. The van der Waals surface area contributed by atoms with Crippen LogP contribution in [0.15, 0.2) is 35.9 Å². The highest BCUT2D eigenvalue weighted by atomic mass is 35.5. The summed E-state index contributed by atoms with van der Waals surface area (Å²) >= 11 is 6.27. The highest BCUT2D eigenvalue weighted by molar-refractivity contribution is 6.39. The van der Waals surface area contributed by atoms with E-state index in [9.17, 15) is 19.2 Å². The molecule has 0 saturated carbocycles. The normalized spacial score (nSPS) is 14.4. The maximum atomic E-state index is 13.3. The van der Waals surface area contributed by atoms with Crippen LogP contribution in [0, 0.1) is 0 Å². The molecule has 0 aliphatic carbocycles. The molecule has 1 aliphatic heterocycles. The van der Waals surface area contributed by atoms with Crippen molar-refractivity contribution in [2.75, 3.05) is 31.8 Å². The number of halogens is 1. The molecule has 0 unspecified atom stereocenters. The summed E-state index contributed by atoms with van der Waals surface area (Å²) in [5.41, 5.74) is 5.27. The van der Waals surface area contributed by atoms with Gasteiger partial charge in [-0.3, -0.25) is 19.7 Å². The van der Waals surface area contributed by atoms with Gasteiger partial charge < -0.3 is 24.7 Å². The molecule has 12 heteroatoms. The molecule has 37 heavy (non-hydrogen) atoms. The van der Waals surface area contributed by atoms with Gasteiger partial charge in [0.1, 0.15) is 5.57 Å². The predicted molar refractivity (Wildman–Crippen MR) is 135 cm³/mol.